The van der Waals surface area contributed by atoms with Crippen LogP contribution in [0.15, 0.2) is 24.3 Å². The molecular weight excluding hydrogens is 238 g/mol. The Morgan fingerprint density at radius 1 is 1.21 bits per heavy atom. The molecule has 0 aromatic heterocycles. The van der Waals surface area contributed by atoms with Crippen molar-refractivity contribution in [3.8, 4) is 0 Å². The Morgan fingerprint density at radius 3 is 2.26 bits per heavy atom. The van der Waals surface area contributed by atoms with Crippen molar-refractivity contribution >= 4 is 5.91 Å². The maximum absolute atomic E-state index is 12.0. The molecule has 0 saturated heterocycles. The first kappa shape index (κ1) is 15.7. The number of aliphatic hydroxyl groups is 1. The Labute approximate surface area is 116 Å². The lowest BCUT2D eigenvalue weighted by Gasteiger charge is -2.21. The third-order valence-corrected chi connectivity index (χ3v) is 3.61. The van der Waals surface area contributed by atoms with E-state index >= 15 is 0 Å². The van der Waals surface area contributed by atoms with Crippen LogP contribution in [0.3, 0.4) is 0 Å². The number of amides is 1. The zero-order valence-corrected chi connectivity index (χ0v) is 12.2. The monoisotopic (exact) mass is 263 g/mol. The normalized spacial score (nSPS) is 12.2. The van der Waals surface area contributed by atoms with E-state index in [-0.39, 0.29) is 18.4 Å². The summed E-state index contributed by atoms with van der Waals surface area (Å²) in [5, 5.41) is 9.14. The second-order valence-electron chi connectivity index (χ2n) is 4.97. The number of carbonyl (C=O) groups excluding carboxylic acids is 1. The quantitative estimate of drug-likeness (QED) is 0.820. The van der Waals surface area contributed by atoms with Crippen molar-refractivity contribution in [2.24, 2.45) is 5.92 Å². The SMILES string of the molecule is CCc1ccc(CCN(C)C(=O)C(CC)CO)cc1. The van der Waals surface area contributed by atoms with Gasteiger partial charge in [-0.05, 0) is 30.4 Å². The molecule has 0 spiro atoms. The van der Waals surface area contributed by atoms with Crippen LogP contribution in [0.2, 0.25) is 0 Å². The van der Waals surface area contributed by atoms with Crippen LogP contribution in [0.1, 0.15) is 31.4 Å². The number of hydrogen-bond acceptors (Lipinski definition) is 2. The van der Waals surface area contributed by atoms with Crippen molar-refractivity contribution in [1.29, 1.82) is 0 Å². The van der Waals surface area contributed by atoms with E-state index in [0.717, 1.165) is 12.8 Å². The summed E-state index contributed by atoms with van der Waals surface area (Å²) in [5.74, 6) is -0.220. The van der Waals surface area contributed by atoms with Crippen LogP contribution in [0, 0.1) is 5.92 Å². The fourth-order valence-electron chi connectivity index (χ4n) is 2.04. The van der Waals surface area contributed by atoms with E-state index in [1.165, 1.54) is 11.1 Å². The highest BCUT2D eigenvalue weighted by molar-refractivity contribution is 5.78. The van der Waals surface area contributed by atoms with Gasteiger partial charge in [0.05, 0.1) is 12.5 Å². The molecule has 0 aliphatic carbocycles. The molecule has 3 nitrogen and oxygen atoms in total. The Kier molecular flexibility index (Phi) is 6.57. The Bertz CT molecular complexity index is 382. The zero-order valence-electron chi connectivity index (χ0n) is 12.2. The van der Waals surface area contributed by atoms with Gasteiger partial charge in [0.1, 0.15) is 0 Å². The van der Waals surface area contributed by atoms with Crippen molar-refractivity contribution < 1.29 is 9.90 Å². The van der Waals surface area contributed by atoms with Gasteiger partial charge in [-0.3, -0.25) is 4.79 Å². The summed E-state index contributed by atoms with van der Waals surface area (Å²) in [4.78, 5) is 13.7. The van der Waals surface area contributed by atoms with E-state index in [9.17, 15) is 4.79 Å². The molecule has 0 fully saturated rings. The third kappa shape index (κ3) is 4.67. The minimum atomic E-state index is -0.257. The molecule has 3 heteroatoms. The highest BCUT2D eigenvalue weighted by Gasteiger charge is 2.18. The molecule has 1 aromatic carbocycles. The molecule has 1 rings (SSSR count). The molecule has 1 aromatic rings. The van der Waals surface area contributed by atoms with Gasteiger partial charge in [-0.25, -0.2) is 0 Å². The average Bonchev–Trinajstić information content (AvgIpc) is 2.46. The molecule has 19 heavy (non-hydrogen) atoms. The van der Waals surface area contributed by atoms with Crippen molar-refractivity contribution in [1.82, 2.24) is 4.90 Å². The summed E-state index contributed by atoms with van der Waals surface area (Å²) in [6, 6.07) is 8.53. The zero-order chi connectivity index (χ0) is 14.3. The number of aryl methyl sites for hydroxylation is 1. The number of hydrogen-bond donors (Lipinski definition) is 1. The maximum atomic E-state index is 12.0. The molecule has 0 saturated carbocycles. The summed E-state index contributed by atoms with van der Waals surface area (Å²) < 4.78 is 0. The number of likely N-dealkylation sites (N-methyl/N-ethyl adjacent to an activating group) is 1. The smallest absolute Gasteiger partial charge is 0.227 e. The van der Waals surface area contributed by atoms with Crippen LogP contribution < -0.4 is 0 Å². The number of carbonyl (C=O) groups is 1. The summed E-state index contributed by atoms with van der Waals surface area (Å²) in [6.45, 7) is 4.70. The largest absolute Gasteiger partial charge is 0.396 e. The molecular formula is C16H25NO2. The summed E-state index contributed by atoms with van der Waals surface area (Å²) in [6.07, 6.45) is 2.59. The lowest BCUT2D eigenvalue weighted by Crippen LogP contribution is -2.35. The summed E-state index contributed by atoms with van der Waals surface area (Å²) in [5.41, 5.74) is 2.58. The van der Waals surface area contributed by atoms with Crippen LogP contribution >= 0.6 is 0 Å². The van der Waals surface area contributed by atoms with Crippen molar-refractivity contribution in [3.05, 3.63) is 35.4 Å². The number of benzene rings is 1. The van der Waals surface area contributed by atoms with E-state index in [1.54, 1.807) is 11.9 Å². The van der Waals surface area contributed by atoms with Crippen LogP contribution in [-0.4, -0.2) is 36.1 Å². The lowest BCUT2D eigenvalue weighted by atomic mass is 10.1. The van der Waals surface area contributed by atoms with E-state index in [1.807, 2.05) is 6.92 Å². The van der Waals surface area contributed by atoms with Crippen LogP contribution in [0.4, 0.5) is 0 Å². The van der Waals surface area contributed by atoms with E-state index in [2.05, 4.69) is 31.2 Å². The standard InChI is InChI=1S/C16H25NO2/c1-4-13-6-8-14(9-7-13)10-11-17(3)16(19)15(5-2)12-18/h6-9,15,18H,4-5,10-12H2,1-3H3. The molecule has 0 bridgehead atoms. The van der Waals surface area contributed by atoms with Gasteiger partial charge in [0.2, 0.25) is 5.91 Å². The molecule has 1 N–H and O–H groups in total. The highest BCUT2D eigenvalue weighted by atomic mass is 16.3. The third-order valence-electron chi connectivity index (χ3n) is 3.61. The average molecular weight is 263 g/mol. The first-order valence-electron chi connectivity index (χ1n) is 7.06. The van der Waals surface area contributed by atoms with Gasteiger partial charge < -0.3 is 10.0 Å². The fourth-order valence-corrected chi connectivity index (χ4v) is 2.04. The number of aliphatic hydroxyl groups excluding tert-OH is 1. The van der Waals surface area contributed by atoms with Gasteiger partial charge in [-0.2, -0.15) is 0 Å². The molecule has 1 amide bonds. The molecule has 0 aliphatic rings. The van der Waals surface area contributed by atoms with Gasteiger partial charge in [0.15, 0.2) is 0 Å². The minimum absolute atomic E-state index is 0.0372. The van der Waals surface area contributed by atoms with Gasteiger partial charge in [-0.1, -0.05) is 38.1 Å². The predicted molar refractivity (Wildman–Crippen MR) is 78.0 cm³/mol. The molecule has 0 aliphatic heterocycles. The summed E-state index contributed by atoms with van der Waals surface area (Å²) in [7, 11) is 1.81. The van der Waals surface area contributed by atoms with Gasteiger partial charge in [0, 0.05) is 13.6 Å². The Morgan fingerprint density at radius 2 is 1.79 bits per heavy atom. The molecule has 1 unspecified atom stereocenters. The topological polar surface area (TPSA) is 40.5 Å². The summed E-state index contributed by atoms with van der Waals surface area (Å²) >= 11 is 0. The first-order chi connectivity index (χ1) is 9.12. The lowest BCUT2D eigenvalue weighted by molar-refractivity contribution is -0.135. The van der Waals surface area contributed by atoms with E-state index < -0.39 is 0 Å². The van der Waals surface area contributed by atoms with Crippen molar-refractivity contribution in [3.63, 3.8) is 0 Å². The van der Waals surface area contributed by atoms with Gasteiger partial charge in [0.25, 0.3) is 0 Å². The fraction of sp³-hybridized carbons (Fsp3) is 0.562. The van der Waals surface area contributed by atoms with Crippen LogP contribution in [-0.2, 0) is 17.6 Å². The molecule has 106 valence electrons. The predicted octanol–water partition coefficient (Wildman–Crippen LogP) is 2.27. The molecule has 0 heterocycles. The molecule has 1 atom stereocenters. The minimum Gasteiger partial charge on any atom is -0.396 e. The van der Waals surface area contributed by atoms with E-state index in [4.69, 9.17) is 5.11 Å². The first-order valence-corrected chi connectivity index (χ1v) is 7.06. The van der Waals surface area contributed by atoms with Crippen molar-refractivity contribution in [2.75, 3.05) is 20.2 Å². The van der Waals surface area contributed by atoms with Crippen LogP contribution in [0.25, 0.3) is 0 Å². The number of rotatable bonds is 7. The number of nitrogens with zero attached hydrogens (tertiary/aromatic N) is 1. The van der Waals surface area contributed by atoms with Gasteiger partial charge >= 0.3 is 0 Å². The Hall–Kier alpha value is -1.35. The van der Waals surface area contributed by atoms with Gasteiger partial charge in [-0.15, -0.1) is 0 Å². The second kappa shape index (κ2) is 7.95. The van der Waals surface area contributed by atoms with Crippen molar-refractivity contribution in [2.45, 2.75) is 33.1 Å². The Balaban J connectivity index is 2.48. The van der Waals surface area contributed by atoms with E-state index in [0.29, 0.717) is 13.0 Å². The second-order valence-corrected chi connectivity index (χ2v) is 4.97. The maximum Gasteiger partial charge on any atom is 0.227 e. The highest BCUT2D eigenvalue weighted by Crippen LogP contribution is 2.09. The molecule has 0 radical (unpaired) electrons. The van der Waals surface area contributed by atoms with Crippen LogP contribution in [0.5, 0.6) is 0 Å².